The first-order chi connectivity index (χ1) is 5.89. The van der Waals surface area contributed by atoms with E-state index in [4.69, 9.17) is 0 Å². The summed E-state index contributed by atoms with van der Waals surface area (Å²) in [5.41, 5.74) is 0. The van der Waals surface area contributed by atoms with Gasteiger partial charge < -0.3 is 0 Å². The van der Waals surface area contributed by atoms with Crippen molar-refractivity contribution in [1.82, 2.24) is 0 Å². The molecule has 0 heterocycles. The van der Waals surface area contributed by atoms with Gasteiger partial charge in [-0.25, -0.2) is 0 Å². The molecule has 0 aliphatic carbocycles. The summed E-state index contributed by atoms with van der Waals surface area (Å²) < 4.78 is 36.1. The average Bonchev–Trinajstić information content (AvgIpc) is 2.06. The van der Waals surface area contributed by atoms with E-state index in [9.17, 15) is 13.2 Å². The third kappa shape index (κ3) is 4.94. The van der Waals surface area contributed by atoms with E-state index in [1.54, 1.807) is 0 Å². The summed E-state index contributed by atoms with van der Waals surface area (Å²) in [4.78, 5) is 0. The summed E-state index contributed by atoms with van der Waals surface area (Å²) in [6.07, 6.45) is -4.50. The van der Waals surface area contributed by atoms with Crippen LogP contribution in [0, 0.1) is 0 Å². The molecule has 0 N–H and O–H groups in total. The SMILES string of the molecule is C[CH2][Ge]([CH2]C)([CH2]C)[CH2]CC(F)(F)F. The molecule has 0 nitrogen and oxygen atoms in total. The summed E-state index contributed by atoms with van der Waals surface area (Å²) in [5.74, 6) is 0. The molecule has 0 aliphatic rings. The van der Waals surface area contributed by atoms with Crippen molar-refractivity contribution in [2.24, 2.45) is 0 Å². The predicted molar refractivity (Wildman–Crippen MR) is 52.7 cm³/mol. The molecule has 0 amide bonds. The third-order valence-electron chi connectivity index (χ3n) is 3.19. The summed E-state index contributed by atoms with van der Waals surface area (Å²) in [7, 11) is 0. The van der Waals surface area contributed by atoms with Gasteiger partial charge in [0.25, 0.3) is 0 Å². The van der Waals surface area contributed by atoms with E-state index in [1.807, 2.05) is 0 Å². The molecule has 0 aliphatic heterocycles. The summed E-state index contributed by atoms with van der Waals surface area (Å²) in [6.45, 7) is 6.18. The first-order valence-electron chi connectivity index (χ1n) is 4.96. The molecule has 0 radical (unpaired) electrons. The number of halogens is 3. The van der Waals surface area contributed by atoms with Gasteiger partial charge >= 0.3 is 80.8 Å². The topological polar surface area (TPSA) is 0 Å². The van der Waals surface area contributed by atoms with Gasteiger partial charge in [0.05, 0.1) is 0 Å². The minimum atomic E-state index is -3.95. The molecule has 0 aromatic heterocycles. The van der Waals surface area contributed by atoms with E-state index in [0.29, 0.717) is 5.25 Å². The Labute approximate surface area is 81.3 Å². The summed E-state index contributed by atoms with van der Waals surface area (Å²) in [5, 5.41) is 3.56. The van der Waals surface area contributed by atoms with Gasteiger partial charge in [-0.1, -0.05) is 0 Å². The maximum atomic E-state index is 12.0. The molecule has 0 atom stereocenters. The predicted octanol–water partition coefficient (Wildman–Crippen LogP) is 4.45. The molecule has 0 saturated carbocycles. The van der Waals surface area contributed by atoms with Crippen LogP contribution in [0.1, 0.15) is 27.2 Å². The van der Waals surface area contributed by atoms with Crippen molar-refractivity contribution in [2.75, 3.05) is 0 Å². The van der Waals surface area contributed by atoms with Crippen LogP contribution in [0.2, 0.25) is 21.0 Å². The van der Waals surface area contributed by atoms with Crippen LogP contribution in [0.3, 0.4) is 0 Å². The molecule has 80 valence electrons. The van der Waals surface area contributed by atoms with Crippen molar-refractivity contribution in [3.05, 3.63) is 0 Å². The van der Waals surface area contributed by atoms with E-state index in [-0.39, 0.29) is 0 Å². The van der Waals surface area contributed by atoms with Gasteiger partial charge in [0.2, 0.25) is 0 Å². The van der Waals surface area contributed by atoms with Crippen molar-refractivity contribution in [3.8, 4) is 0 Å². The maximum absolute atomic E-state index is 12.0. The molecule has 0 rings (SSSR count). The van der Waals surface area contributed by atoms with Crippen LogP contribution >= 0.6 is 0 Å². The van der Waals surface area contributed by atoms with Crippen molar-refractivity contribution in [3.63, 3.8) is 0 Å². The van der Waals surface area contributed by atoms with E-state index in [0.717, 1.165) is 15.8 Å². The molecule has 0 fully saturated rings. The molecular weight excluding hydrogens is 238 g/mol. The number of hydrogen-bond acceptors (Lipinski definition) is 0. The summed E-state index contributed by atoms with van der Waals surface area (Å²) >= 11 is -2.06. The van der Waals surface area contributed by atoms with Gasteiger partial charge in [0, 0.05) is 0 Å². The van der Waals surface area contributed by atoms with Crippen molar-refractivity contribution < 1.29 is 13.2 Å². The molecule has 4 heteroatoms. The van der Waals surface area contributed by atoms with Crippen molar-refractivity contribution in [1.29, 1.82) is 0 Å². The Kier molecular flexibility index (Phi) is 5.41. The van der Waals surface area contributed by atoms with Crippen LogP contribution in [0.15, 0.2) is 0 Å². The molecule has 0 unspecified atom stereocenters. The van der Waals surface area contributed by atoms with Gasteiger partial charge in [-0.15, -0.1) is 0 Å². The third-order valence-corrected chi connectivity index (χ3v) is 15.4. The molecule has 0 aromatic carbocycles. The number of rotatable bonds is 5. The fraction of sp³-hybridized carbons (Fsp3) is 1.00. The van der Waals surface area contributed by atoms with Gasteiger partial charge in [-0.2, -0.15) is 0 Å². The van der Waals surface area contributed by atoms with Crippen LogP contribution in [-0.4, -0.2) is 19.4 Å². The van der Waals surface area contributed by atoms with Crippen LogP contribution in [0.5, 0.6) is 0 Å². The Morgan fingerprint density at radius 1 is 0.923 bits per heavy atom. The van der Waals surface area contributed by atoms with Crippen molar-refractivity contribution >= 4 is 13.3 Å². The molecule has 13 heavy (non-hydrogen) atoms. The Hall–Kier alpha value is 0.333. The van der Waals surface area contributed by atoms with Crippen LogP contribution in [-0.2, 0) is 0 Å². The standard InChI is InChI=1S/C9H19F3Ge/c1-4-13(5-2,6-3)8-7-9(10,11)12/h4-8H2,1-3H3. The van der Waals surface area contributed by atoms with E-state index >= 15 is 0 Å². The Balaban J connectivity index is 4.11. The second-order valence-corrected chi connectivity index (χ2v) is 15.5. The molecule has 0 saturated heterocycles. The fourth-order valence-electron chi connectivity index (χ4n) is 1.69. The second kappa shape index (κ2) is 5.27. The van der Waals surface area contributed by atoms with Gasteiger partial charge in [-0.3, -0.25) is 0 Å². The molecule has 0 spiro atoms. The van der Waals surface area contributed by atoms with Crippen LogP contribution in [0.4, 0.5) is 13.2 Å². The normalized spacial score (nSPS) is 13.4. The molecule has 0 bridgehead atoms. The zero-order valence-corrected chi connectivity index (χ0v) is 10.8. The Morgan fingerprint density at radius 3 is 1.54 bits per heavy atom. The summed E-state index contributed by atoms with van der Waals surface area (Å²) in [6, 6.07) is 0. The first kappa shape index (κ1) is 13.3. The number of alkyl halides is 3. The molecular formula is C9H19F3Ge. The van der Waals surface area contributed by atoms with E-state index in [1.165, 1.54) is 0 Å². The zero-order valence-electron chi connectivity index (χ0n) is 8.67. The van der Waals surface area contributed by atoms with Gasteiger partial charge in [0.1, 0.15) is 0 Å². The zero-order chi connectivity index (χ0) is 10.5. The second-order valence-electron chi connectivity index (χ2n) is 3.68. The fourth-order valence-corrected chi connectivity index (χ4v) is 8.77. The Bertz CT molecular complexity index is 130. The van der Waals surface area contributed by atoms with Gasteiger partial charge in [0.15, 0.2) is 0 Å². The first-order valence-corrected chi connectivity index (χ1v) is 10.9. The van der Waals surface area contributed by atoms with Gasteiger partial charge in [-0.05, 0) is 0 Å². The van der Waals surface area contributed by atoms with E-state index < -0.39 is 25.9 Å². The average molecular weight is 257 g/mol. The monoisotopic (exact) mass is 258 g/mol. The minimum absolute atomic E-state index is 0.465. The van der Waals surface area contributed by atoms with Crippen LogP contribution in [0.25, 0.3) is 0 Å². The van der Waals surface area contributed by atoms with E-state index in [2.05, 4.69) is 20.8 Å². The number of hydrogen-bond donors (Lipinski definition) is 0. The van der Waals surface area contributed by atoms with Crippen LogP contribution < -0.4 is 0 Å². The van der Waals surface area contributed by atoms with Crippen molar-refractivity contribution in [2.45, 2.75) is 54.4 Å². The Morgan fingerprint density at radius 2 is 1.31 bits per heavy atom. The molecule has 0 aromatic rings. The quantitative estimate of drug-likeness (QED) is 0.638.